The molecule has 0 radical (unpaired) electrons. The van der Waals surface area contributed by atoms with Crippen LogP contribution >= 0.6 is 38.9 Å². The standard InChI is InChI=1S/C23H17BrClNO4S/c1-12-5-7-14(11-16(12)25)26-20(18-4-3-9-31-18)19(22(28)23(26)29)21(27)13-6-8-17(30-2)15(24)10-13/h3-11,20,27H,1-2H3/b21-19-. The number of nitrogens with zero attached hydrogens (tertiary/aromatic N) is 1. The van der Waals surface area contributed by atoms with E-state index in [9.17, 15) is 14.7 Å². The number of rotatable bonds is 4. The molecule has 1 aromatic heterocycles. The number of aliphatic hydroxyl groups excluding tert-OH is 1. The van der Waals surface area contributed by atoms with E-state index in [-0.39, 0.29) is 11.3 Å². The first-order valence-corrected chi connectivity index (χ1v) is 11.3. The summed E-state index contributed by atoms with van der Waals surface area (Å²) >= 11 is 11.1. The van der Waals surface area contributed by atoms with Gasteiger partial charge in [0.25, 0.3) is 11.7 Å². The molecule has 4 rings (SSSR count). The lowest BCUT2D eigenvalue weighted by Crippen LogP contribution is -2.29. The number of aryl methyl sites for hydroxylation is 1. The quantitative estimate of drug-likeness (QED) is 0.257. The first-order chi connectivity index (χ1) is 14.8. The summed E-state index contributed by atoms with van der Waals surface area (Å²) in [6, 6.07) is 13.1. The molecule has 1 amide bonds. The molecule has 0 aliphatic carbocycles. The fourth-order valence-corrected chi connectivity index (χ4v) is 5.05. The number of carbonyl (C=O) groups is 2. The lowest BCUT2D eigenvalue weighted by atomic mass is 9.99. The van der Waals surface area contributed by atoms with Crippen molar-refractivity contribution in [3.8, 4) is 5.75 Å². The van der Waals surface area contributed by atoms with E-state index in [0.29, 0.717) is 26.5 Å². The third-order valence-electron chi connectivity index (χ3n) is 5.12. The molecule has 1 unspecified atom stereocenters. The first kappa shape index (κ1) is 21.6. The number of methoxy groups -OCH3 is 1. The van der Waals surface area contributed by atoms with Gasteiger partial charge in [-0.15, -0.1) is 11.3 Å². The highest BCUT2D eigenvalue weighted by Crippen LogP contribution is 2.44. The molecule has 1 atom stereocenters. The number of carbonyl (C=O) groups excluding carboxylic acids is 2. The van der Waals surface area contributed by atoms with Gasteiger partial charge in [-0.05, 0) is 70.2 Å². The summed E-state index contributed by atoms with van der Waals surface area (Å²) in [6.07, 6.45) is 0. The monoisotopic (exact) mass is 517 g/mol. The minimum atomic E-state index is -0.764. The Morgan fingerprint density at radius 1 is 1.19 bits per heavy atom. The van der Waals surface area contributed by atoms with Crippen LogP contribution in [0.15, 0.2) is 64.0 Å². The number of ketones is 1. The molecule has 2 aromatic carbocycles. The van der Waals surface area contributed by atoms with Crippen LogP contribution in [-0.4, -0.2) is 23.9 Å². The number of ether oxygens (including phenoxy) is 1. The van der Waals surface area contributed by atoms with E-state index in [1.165, 1.54) is 23.3 Å². The molecular weight excluding hydrogens is 502 g/mol. The molecule has 1 fully saturated rings. The van der Waals surface area contributed by atoms with Crippen LogP contribution in [0.2, 0.25) is 5.02 Å². The average molecular weight is 519 g/mol. The van der Waals surface area contributed by atoms with Gasteiger partial charge in [-0.2, -0.15) is 0 Å². The van der Waals surface area contributed by atoms with Gasteiger partial charge in [-0.25, -0.2) is 0 Å². The Morgan fingerprint density at radius 3 is 2.58 bits per heavy atom. The summed E-state index contributed by atoms with van der Waals surface area (Å²) < 4.78 is 5.85. The molecule has 158 valence electrons. The number of hydrogen-bond donors (Lipinski definition) is 1. The van der Waals surface area contributed by atoms with Crippen LogP contribution in [0.5, 0.6) is 5.75 Å². The van der Waals surface area contributed by atoms with Crippen LogP contribution < -0.4 is 9.64 Å². The predicted octanol–water partition coefficient (Wildman–Crippen LogP) is 6.11. The van der Waals surface area contributed by atoms with Crippen LogP contribution in [0.3, 0.4) is 0 Å². The van der Waals surface area contributed by atoms with Crippen molar-refractivity contribution in [3.63, 3.8) is 0 Å². The summed E-state index contributed by atoms with van der Waals surface area (Å²) in [5, 5.41) is 13.5. The lowest BCUT2D eigenvalue weighted by molar-refractivity contribution is -0.132. The van der Waals surface area contributed by atoms with E-state index >= 15 is 0 Å². The maximum absolute atomic E-state index is 13.1. The third kappa shape index (κ3) is 3.78. The van der Waals surface area contributed by atoms with Crippen molar-refractivity contribution >= 4 is 62.0 Å². The average Bonchev–Trinajstić information content (AvgIpc) is 3.37. The molecule has 0 saturated carbocycles. The number of thiophene rings is 1. The number of aliphatic hydroxyl groups is 1. The van der Waals surface area contributed by atoms with Crippen LogP contribution in [0, 0.1) is 6.92 Å². The predicted molar refractivity (Wildman–Crippen MR) is 126 cm³/mol. The largest absolute Gasteiger partial charge is 0.507 e. The highest BCUT2D eigenvalue weighted by atomic mass is 79.9. The van der Waals surface area contributed by atoms with Crippen LogP contribution in [0.25, 0.3) is 5.76 Å². The van der Waals surface area contributed by atoms with E-state index in [0.717, 1.165) is 10.4 Å². The molecule has 3 aromatic rings. The van der Waals surface area contributed by atoms with E-state index in [1.54, 1.807) is 36.4 Å². The summed E-state index contributed by atoms with van der Waals surface area (Å²) in [6.45, 7) is 1.86. The molecule has 1 N–H and O–H groups in total. The fraction of sp³-hybridized carbons (Fsp3) is 0.130. The number of Topliss-reactive ketones (excluding diaryl/α,β-unsaturated/α-hetero) is 1. The van der Waals surface area contributed by atoms with E-state index < -0.39 is 17.7 Å². The van der Waals surface area contributed by atoms with Gasteiger partial charge in [-0.3, -0.25) is 14.5 Å². The van der Waals surface area contributed by atoms with Crippen molar-refractivity contribution in [1.29, 1.82) is 0 Å². The topological polar surface area (TPSA) is 66.8 Å². The molecule has 1 aliphatic rings. The molecule has 8 heteroatoms. The van der Waals surface area contributed by atoms with Gasteiger partial charge in [0.1, 0.15) is 17.6 Å². The van der Waals surface area contributed by atoms with Crippen molar-refractivity contribution < 1.29 is 19.4 Å². The molecule has 1 saturated heterocycles. The second kappa shape index (κ2) is 8.49. The fourth-order valence-electron chi connectivity index (χ4n) is 3.52. The number of benzene rings is 2. The van der Waals surface area contributed by atoms with Gasteiger partial charge in [-0.1, -0.05) is 23.7 Å². The second-order valence-electron chi connectivity index (χ2n) is 6.97. The Balaban J connectivity index is 1.91. The molecule has 31 heavy (non-hydrogen) atoms. The molecule has 1 aliphatic heterocycles. The van der Waals surface area contributed by atoms with Crippen LogP contribution in [0.4, 0.5) is 5.69 Å². The minimum absolute atomic E-state index is 0.0289. The molecule has 0 spiro atoms. The van der Waals surface area contributed by atoms with Crippen molar-refractivity contribution in [3.05, 3.63) is 85.0 Å². The Labute approximate surface area is 196 Å². The Hall–Kier alpha value is -2.61. The highest BCUT2D eigenvalue weighted by molar-refractivity contribution is 9.10. The molecule has 5 nitrogen and oxygen atoms in total. The van der Waals surface area contributed by atoms with E-state index in [2.05, 4.69) is 15.9 Å². The van der Waals surface area contributed by atoms with Gasteiger partial charge < -0.3 is 9.84 Å². The zero-order valence-corrected chi connectivity index (χ0v) is 19.7. The number of amides is 1. The summed E-state index contributed by atoms with van der Waals surface area (Å²) in [5.41, 5.74) is 1.78. The van der Waals surface area contributed by atoms with Gasteiger partial charge in [0, 0.05) is 21.2 Å². The van der Waals surface area contributed by atoms with Crippen LogP contribution in [-0.2, 0) is 9.59 Å². The van der Waals surface area contributed by atoms with Crippen LogP contribution in [0.1, 0.15) is 22.0 Å². The number of halogens is 2. The summed E-state index contributed by atoms with van der Waals surface area (Å²) in [7, 11) is 1.54. The molecular formula is C23H17BrClNO4S. The maximum Gasteiger partial charge on any atom is 0.300 e. The van der Waals surface area contributed by atoms with Gasteiger partial charge >= 0.3 is 0 Å². The van der Waals surface area contributed by atoms with Crippen molar-refractivity contribution in [2.45, 2.75) is 13.0 Å². The van der Waals surface area contributed by atoms with Crippen molar-refractivity contribution in [2.24, 2.45) is 0 Å². The maximum atomic E-state index is 13.1. The van der Waals surface area contributed by atoms with Gasteiger partial charge in [0.2, 0.25) is 0 Å². The van der Waals surface area contributed by atoms with E-state index in [1.807, 2.05) is 24.4 Å². The Bertz CT molecular complexity index is 1220. The summed E-state index contributed by atoms with van der Waals surface area (Å²) in [5.74, 6) is -1.13. The highest BCUT2D eigenvalue weighted by Gasteiger charge is 2.47. The zero-order valence-electron chi connectivity index (χ0n) is 16.6. The normalized spacial score (nSPS) is 17.9. The minimum Gasteiger partial charge on any atom is -0.507 e. The Morgan fingerprint density at radius 2 is 1.97 bits per heavy atom. The lowest BCUT2D eigenvalue weighted by Gasteiger charge is -2.24. The first-order valence-electron chi connectivity index (χ1n) is 9.28. The smallest absolute Gasteiger partial charge is 0.300 e. The number of anilines is 1. The summed E-state index contributed by atoms with van der Waals surface area (Å²) in [4.78, 5) is 28.3. The van der Waals surface area contributed by atoms with Gasteiger partial charge in [0.05, 0.1) is 17.2 Å². The zero-order chi connectivity index (χ0) is 22.3. The SMILES string of the molecule is COc1ccc(/C(O)=C2/C(=O)C(=O)N(c3ccc(C)c(Cl)c3)C2c2cccs2)cc1Br. The molecule has 2 heterocycles. The Kier molecular flexibility index (Phi) is 5.92. The van der Waals surface area contributed by atoms with E-state index in [4.69, 9.17) is 16.3 Å². The van der Waals surface area contributed by atoms with Crippen molar-refractivity contribution in [2.75, 3.05) is 12.0 Å². The third-order valence-corrected chi connectivity index (χ3v) is 7.07. The van der Waals surface area contributed by atoms with Gasteiger partial charge in [0.15, 0.2) is 0 Å². The second-order valence-corrected chi connectivity index (χ2v) is 9.21. The number of hydrogen-bond acceptors (Lipinski definition) is 5. The molecule has 0 bridgehead atoms. The van der Waals surface area contributed by atoms with Crippen molar-refractivity contribution in [1.82, 2.24) is 0 Å².